The Morgan fingerprint density at radius 1 is 1.53 bits per heavy atom. The third kappa shape index (κ3) is 5.38. The molecule has 9 heteroatoms. The molecule has 0 saturated heterocycles. The Morgan fingerprint density at radius 3 is 2.68 bits per heavy atom. The molecule has 0 aromatic carbocycles. The highest BCUT2D eigenvalue weighted by Crippen LogP contribution is 2.37. The number of allylic oxidation sites excluding steroid dienone is 1. The van der Waals surface area contributed by atoms with Gasteiger partial charge in [-0.2, -0.15) is 0 Å². The van der Waals surface area contributed by atoms with Gasteiger partial charge in [0, 0.05) is 12.4 Å². The van der Waals surface area contributed by atoms with Crippen LogP contribution in [0.25, 0.3) is 0 Å². The summed E-state index contributed by atoms with van der Waals surface area (Å²) in [6, 6.07) is -0.904. The average Bonchev–Trinajstić information content (AvgIpc) is 2.52. The van der Waals surface area contributed by atoms with Crippen molar-refractivity contribution in [3.05, 3.63) is 23.4 Å². The Hall–Kier alpha value is -0.785. The summed E-state index contributed by atoms with van der Waals surface area (Å²) in [7, 11) is 5.06. The highest BCUT2D eigenvalue weighted by Gasteiger charge is 2.33. The first-order valence-corrected chi connectivity index (χ1v) is 7.25. The van der Waals surface area contributed by atoms with E-state index in [1.807, 2.05) is 19.0 Å². The molecule has 0 saturated carbocycles. The zero-order valence-corrected chi connectivity index (χ0v) is 11.7. The molecular weight excluding hydrogens is 272 g/mol. The van der Waals surface area contributed by atoms with E-state index in [1.54, 1.807) is 0 Å². The number of aliphatic hydroxyl groups is 1. The Morgan fingerprint density at radius 2 is 2.16 bits per heavy atom. The van der Waals surface area contributed by atoms with Gasteiger partial charge in [-0.15, -0.1) is 0 Å². The predicted octanol–water partition coefficient (Wildman–Crippen LogP) is -0.0810. The van der Waals surface area contributed by atoms with Gasteiger partial charge in [0.1, 0.15) is 14.0 Å². The van der Waals surface area contributed by atoms with Gasteiger partial charge >= 0.3 is 7.60 Å². The van der Waals surface area contributed by atoms with Crippen LogP contribution >= 0.6 is 7.60 Å². The van der Waals surface area contributed by atoms with Crippen molar-refractivity contribution >= 4 is 15.4 Å². The fraction of sp³-hybridized carbons (Fsp3) is 0.600. The minimum Gasteiger partial charge on any atom is -0.506 e. The average molecular weight is 289 g/mol. The molecule has 0 aromatic rings. The number of likely N-dealkylation sites (N-methyl/N-ethyl adjacent to an activating group) is 1. The third-order valence-electron chi connectivity index (χ3n) is 2.34. The third-order valence-corrected chi connectivity index (χ3v) is 2.88. The van der Waals surface area contributed by atoms with Crippen LogP contribution in [0.4, 0.5) is 0 Å². The molecule has 106 valence electrons. The molecule has 19 heavy (non-hydrogen) atoms. The number of aliphatic hydroxyl groups excluding tert-OH is 1. The minimum absolute atomic E-state index is 0.0920. The van der Waals surface area contributed by atoms with Gasteiger partial charge in [-0.05, 0) is 20.2 Å². The van der Waals surface area contributed by atoms with Gasteiger partial charge < -0.3 is 29.3 Å². The first-order valence-electron chi connectivity index (χ1n) is 5.57. The number of rotatable bonds is 6. The number of hydrogen-bond donors (Lipinski definition) is 3. The summed E-state index contributed by atoms with van der Waals surface area (Å²) in [5.41, 5.74) is 0. The number of ether oxygens (including phenoxy) is 2. The second kappa shape index (κ2) is 6.59. The molecule has 1 rings (SSSR count). The summed E-state index contributed by atoms with van der Waals surface area (Å²) in [6.45, 7) is 0.985. The fourth-order valence-corrected chi connectivity index (χ4v) is 1.72. The lowest BCUT2D eigenvalue weighted by Gasteiger charge is -2.18. The van der Waals surface area contributed by atoms with Gasteiger partial charge in [0.25, 0.3) is 0 Å². The van der Waals surface area contributed by atoms with E-state index in [9.17, 15) is 9.67 Å². The molecule has 2 atom stereocenters. The molecule has 0 spiro atoms. The van der Waals surface area contributed by atoms with Gasteiger partial charge in [0.05, 0.1) is 12.6 Å². The topological polar surface area (TPSA) is 99.5 Å². The van der Waals surface area contributed by atoms with Gasteiger partial charge in [-0.25, -0.2) is 0 Å². The van der Waals surface area contributed by atoms with Crippen LogP contribution in [0, 0.1) is 0 Å². The predicted molar refractivity (Wildman–Crippen MR) is 69.8 cm³/mol. The summed E-state index contributed by atoms with van der Waals surface area (Å²) in [6.07, 6.45) is 0.155. The molecule has 0 fully saturated rings. The summed E-state index contributed by atoms with van der Waals surface area (Å²) < 4.78 is 21.1. The zero-order chi connectivity index (χ0) is 14.6. The normalized spacial score (nSPS) is 24.5. The van der Waals surface area contributed by atoms with Crippen molar-refractivity contribution in [2.75, 3.05) is 27.2 Å². The minimum atomic E-state index is -4.31. The van der Waals surface area contributed by atoms with Crippen LogP contribution in [-0.2, 0) is 14.0 Å². The van der Waals surface area contributed by atoms with Gasteiger partial charge in [-0.1, -0.05) is 0 Å². The van der Waals surface area contributed by atoms with E-state index in [4.69, 9.17) is 27.1 Å². The van der Waals surface area contributed by atoms with Crippen molar-refractivity contribution in [3.63, 3.8) is 0 Å². The van der Waals surface area contributed by atoms with E-state index in [0.717, 1.165) is 6.08 Å². The van der Waals surface area contributed by atoms with Gasteiger partial charge in [0.2, 0.25) is 0 Å². The first kappa shape index (κ1) is 16.3. The molecule has 1 aliphatic rings. The van der Waals surface area contributed by atoms with E-state index in [1.165, 1.54) is 0 Å². The fourth-order valence-electron chi connectivity index (χ4n) is 1.39. The SMILES string of the molecule is [B][C@@H]1OC(/C=C/P(=O)(O)O)=C(O)C1OCCN(C)C. The molecule has 7 nitrogen and oxygen atoms in total. The van der Waals surface area contributed by atoms with Crippen LogP contribution in [0.5, 0.6) is 0 Å². The Bertz CT molecular complexity index is 418. The zero-order valence-electron chi connectivity index (χ0n) is 10.8. The van der Waals surface area contributed by atoms with Crippen LogP contribution in [-0.4, -0.2) is 67.0 Å². The summed E-state index contributed by atoms with van der Waals surface area (Å²) in [5, 5.41) is 9.81. The molecule has 0 aromatic heterocycles. The molecule has 0 aliphatic carbocycles. The maximum Gasteiger partial charge on any atom is 0.349 e. The highest BCUT2D eigenvalue weighted by atomic mass is 31.2. The van der Waals surface area contributed by atoms with E-state index < -0.39 is 19.7 Å². The van der Waals surface area contributed by atoms with Crippen molar-refractivity contribution in [1.82, 2.24) is 4.90 Å². The Labute approximate surface area is 113 Å². The van der Waals surface area contributed by atoms with Gasteiger partial charge in [-0.3, -0.25) is 4.57 Å². The second-order valence-corrected chi connectivity index (χ2v) is 5.81. The van der Waals surface area contributed by atoms with Crippen LogP contribution in [0.15, 0.2) is 23.4 Å². The molecule has 0 amide bonds. The van der Waals surface area contributed by atoms with E-state index in [0.29, 0.717) is 19.0 Å². The number of hydrogen-bond acceptors (Lipinski definition) is 5. The van der Waals surface area contributed by atoms with Crippen molar-refractivity contribution in [1.29, 1.82) is 0 Å². The van der Waals surface area contributed by atoms with Crippen LogP contribution in [0.3, 0.4) is 0 Å². The smallest absolute Gasteiger partial charge is 0.349 e. The van der Waals surface area contributed by atoms with Crippen LogP contribution < -0.4 is 0 Å². The standard InChI is InChI=1S/C10H17BNO6P/c1-12(2)4-5-17-9-8(13)7(18-10(9)11)3-6-19(14,15)16/h3,6,9-10,13H,4-5H2,1-2H3,(H2,14,15,16)/b6-3+/t9?,10-/m1/s1. The van der Waals surface area contributed by atoms with Crippen molar-refractivity contribution in [2.24, 2.45) is 0 Å². The first-order chi connectivity index (χ1) is 8.70. The molecule has 1 unspecified atom stereocenters. The second-order valence-electron chi connectivity index (χ2n) is 4.33. The lowest BCUT2D eigenvalue weighted by atomic mass is 9.94. The molecule has 0 bridgehead atoms. The van der Waals surface area contributed by atoms with Crippen molar-refractivity contribution in [2.45, 2.75) is 12.1 Å². The molecule has 2 radical (unpaired) electrons. The molecule has 1 aliphatic heterocycles. The lowest BCUT2D eigenvalue weighted by Crippen LogP contribution is -2.30. The monoisotopic (exact) mass is 289 g/mol. The van der Waals surface area contributed by atoms with E-state index in [2.05, 4.69) is 0 Å². The summed E-state index contributed by atoms with van der Waals surface area (Å²) >= 11 is 0. The maximum atomic E-state index is 10.7. The molecular formula is C10H17BNO6P. The molecule has 3 N–H and O–H groups in total. The maximum absolute atomic E-state index is 10.7. The highest BCUT2D eigenvalue weighted by molar-refractivity contribution is 7.55. The van der Waals surface area contributed by atoms with E-state index in [-0.39, 0.29) is 11.5 Å². The summed E-state index contributed by atoms with van der Waals surface area (Å²) in [5.74, 6) is 0.273. The Kier molecular flexibility index (Phi) is 5.64. The quantitative estimate of drug-likeness (QED) is 0.464. The summed E-state index contributed by atoms with van der Waals surface area (Å²) in [4.78, 5) is 19.3. The van der Waals surface area contributed by atoms with Crippen LogP contribution in [0.2, 0.25) is 0 Å². The largest absolute Gasteiger partial charge is 0.506 e. The number of nitrogens with zero attached hydrogens (tertiary/aromatic N) is 1. The van der Waals surface area contributed by atoms with Crippen molar-refractivity contribution in [3.8, 4) is 0 Å². The van der Waals surface area contributed by atoms with E-state index >= 15 is 0 Å². The molecule has 1 heterocycles. The van der Waals surface area contributed by atoms with Crippen LogP contribution in [0.1, 0.15) is 0 Å². The Balaban J connectivity index is 2.66. The van der Waals surface area contributed by atoms with Crippen molar-refractivity contribution < 1.29 is 28.9 Å². The van der Waals surface area contributed by atoms with Gasteiger partial charge in [0.15, 0.2) is 11.5 Å². The lowest BCUT2D eigenvalue weighted by molar-refractivity contribution is 0.0114.